The normalized spacial score (nSPS) is 11.7. The Morgan fingerprint density at radius 2 is 2.00 bits per heavy atom. The molecule has 0 aliphatic rings. The van der Waals surface area contributed by atoms with Gasteiger partial charge in [-0.25, -0.2) is 9.59 Å². The molecular weight excluding hydrogens is 272 g/mol. The van der Waals surface area contributed by atoms with E-state index >= 15 is 0 Å². The van der Waals surface area contributed by atoms with Gasteiger partial charge >= 0.3 is 12.0 Å². The Hall–Kier alpha value is -2.24. The first-order chi connectivity index (χ1) is 9.93. The molecule has 1 aromatic rings. The van der Waals surface area contributed by atoms with Gasteiger partial charge in [-0.2, -0.15) is 0 Å². The van der Waals surface area contributed by atoms with Crippen LogP contribution in [0, 0.1) is 0 Å². The van der Waals surface area contributed by atoms with Crippen molar-refractivity contribution in [2.45, 2.75) is 45.6 Å². The Morgan fingerprint density at radius 3 is 2.62 bits per heavy atom. The molecule has 0 aromatic heterocycles. The average molecular weight is 294 g/mol. The van der Waals surface area contributed by atoms with Crippen LogP contribution in [0.2, 0.25) is 0 Å². The lowest BCUT2D eigenvalue weighted by molar-refractivity contribution is 0.0693. The second-order valence-corrected chi connectivity index (χ2v) is 5.03. The van der Waals surface area contributed by atoms with Crippen molar-refractivity contribution in [3.63, 3.8) is 0 Å². The fourth-order valence-corrected chi connectivity index (χ4v) is 1.95. The number of aromatic hydroxyl groups is 1. The van der Waals surface area contributed by atoms with Gasteiger partial charge < -0.3 is 20.8 Å². The molecule has 1 rings (SSSR count). The minimum Gasteiger partial charge on any atom is -0.507 e. The molecule has 1 aromatic carbocycles. The number of carboxylic acids is 1. The zero-order chi connectivity index (χ0) is 15.8. The number of urea groups is 1. The molecular formula is C15H22N2O4. The van der Waals surface area contributed by atoms with E-state index in [0.717, 1.165) is 25.7 Å². The van der Waals surface area contributed by atoms with Gasteiger partial charge in [-0.3, -0.25) is 0 Å². The van der Waals surface area contributed by atoms with Crippen molar-refractivity contribution in [1.82, 2.24) is 5.32 Å². The number of anilines is 1. The van der Waals surface area contributed by atoms with Crippen LogP contribution in [-0.2, 0) is 0 Å². The molecule has 4 N–H and O–H groups in total. The van der Waals surface area contributed by atoms with Crippen molar-refractivity contribution in [2.75, 3.05) is 5.32 Å². The van der Waals surface area contributed by atoms with Gasteiger partial charge in [0.25, 0.3) is 0 Å². The number of rotatable bonds is 7. The van der Waals surface area contributed by atoms with Gasteiger partial charge in [-0.1, -0.05) is 26.2 Å². The van der Waals surface area contributed by atoms with Gasteiger partial charge in [0.2, 0.25) is 0 Å². The van der Waals surface area contributed by atoms with Crippen LogP contribution in [0.1, 0.15) is 49.9 Å². The van der Waals surface area contributed by atoms with Crippen molar-refractivity contribution < 1.29 is 19.8 Å². The number of carbonyl (C=O) groups is 2. The quantitative estimate of drug-likeness (QED) is 0.458. The van der Waals surface area contributed by atoms with Gasteiger partial charge in [0.05, 0.1) is 0 Å². The van der Waals surface area contributed by atoms with E-state index < -0.39 is 5.97 Å². The molecule has 0 spiro atoms. The van der Waals surface area contributed by atoms with Gasteiger partial charge in [0.15, 0.2) is 0 Å². The topological polar surface area (TPSA) is 98.7 Å². The monoisotopic (exact) mass is 294 g/mol. The standard InChI is InChI=1S/C15H22N2O4/c1-3-4-5-6-10(2)16-15(21)17-11-7-8-13(18)12(9-11)14(19)20/h7-10,18H,3-6H2,1-2H3,(H,19,20)(H2,16,17,21). The van der Waals surface area contributed by atoms with Crippen molar-refractivity contribution in [2.24, 2.45) is 0 Å². The molecule has 1 unspecified atom stereocenters. The van der Waals surface area contributed by atoms with Crippen LogP contribution >= 0.6 is 0 Å². The molecule has 6 heteroatoms. The van der Waals surface area contributed by atoms with Gasteiger partial charge in [-0.15, -0.1) is 0 Å². The van der Waals surface area contributed by atoms with Crippen LogP contribution in [-0.4, -0.2) is 28.3 Å². The smallest absolute Gasteiger partial charge is 0.339 e. The molecule has 1 atom stereocenters. The molecule has 0 aliphatic heterocycles. The molecule has 0 saturated heterocycles. The highest BCUT2D eigenvalue weighted by Gasteiger charge is 2.12. The lowest BCUT2D eigenvalue weighted by Gasteiger charge is -2.14. The summed E-state index contributed by atoms with van der Waals surface area (Å²) >= 11 is 0. The molecule has 0 radical (unpaired) electrons. The molecule has 0 aliphatic carbocycles. The lowest BCUT2D eigenvalue weighted by atomic mass is 10.1. The molecule has 0 fully saturated rings. The summed E-state index contributed by atoms with van der Waals surface area (Å²) in [6, 6.07) is 3.57. The highest BCUT2D eigenvalue weighted by Crippen LogP contribution is 2.21. The van der Waals surface area contributed by atoms with Crippen LogP contribution < -0.4 is 10.6 Å². The third-order valence-corrected chi connectivity index (χ3v) is 3.10. The summed E-state index contributed by atoms with van der Waals surface area (Å²) in [7, 11) is 0. The van der Waals surface area contributed by atoms with E-state index in [9.17, 15) is 14.7 Å². The number of unbranched alkanes of at least 4 members (excludes halogenated alkanes) is 2. The second kappa shape index (κ2) is 8.14. The molecule has 0 bridgehead atoms. The van der Waals surface area contributed by atoms with E-state index in [1.807, 2.05) is 6.92 Å². The number of benzene rings is 1. The number of carbonyl (C=O) groups excluding carboxylic acids is 1. The molecule has 0 saturated carbocycles. The summed E-state index contributed by atoms with van der Waals surface area (Å²) in [5, 5.41) is 23.6. The third-order valence-electron chi connectivity index (χ3n) is 3.10. The van der Waals surface area contributed by atoms with Crippen LogP contribution in [0.5, 0.6) is 5.75 Å². The Balaban J connectivity index is 2.55. The first kappa shape index (κ1) is 16.8. The largest absolute Gasteiger partial charge is 0.507 e. The predicted octanol–water partition coefficient (Wildman–Crippen LogP) is 3.18. The minimum atomic E-state index is -1.25. The maximum Gasteiger partial charge on any atom is 0.339 e. The van der Waals surface area contributed by atoms with E-state index in [2.05, 4.69) is 17.6 Å². The average Bonchev–Trinajstić information content (AvgIpc) is 2.40. The predicted molar refractivity (Wildman–Crippen MR) is 80.8 cm³/mol. The van der Waals surface area contributed by atoms with Gasteiger partial charge in [-0.05, 0) is 31.5 Å². The summed E-state index contributed by atoms with van der Waals surface area (Å²) in [5.74, 6) is -1.58. The number of nitrogens with one attached hydrogen (secondary N) is 2. The summed E-state index contributed by atoms with van der Waals surface area (Å²) in [5.41, 5.74) is 0.0762. The summed E-state index contributed by atoms with van der Waals surface area (Å²) in [6.07, 6.45) is 4.22. The summed E-state index contributed by atoms with van der Waals surface area (Å²) < 4.78 is 0. The number of hydrogen-bond acceptors (Lipinski definition) is 3. The number of hydrogen-bond donors (Lipinski definition) is 4. The number of amides is 2. The van der Waals surface area contributed by atoms with Gasteiger partial charge in [0.1, 0.15) is 11.3 Å². The highest BCUT2D eigenvalue weighted by atomic mass is 16.4. The summed E-state index contributed by atoms with van der Waals surface area (Å²) in [6.45, 7) is 4.05. The van der Waals surface area contributed by atoms with E-state index in [4.69, 9.17) is 5.11 Å². The van der Waals surface area contributed by atoms with Crippen LogP contribution in [0.3, 0.4) is 0 Å². The van der Waals surface area contributed by atoms with Crippen LogP contribution in [0.25, 0.3) is 0 Å². The highest BCUT2D eigenvalue weighted by molar-refractivity contribution is 5.95. The fourth-order valence-electron chi connectivity index (χ4n) is 1.95. The van der Waals surface area contributed by atoms with Crippen LogP contribution in [0.4, 0.5) is 10.5 Å². The van der Waals surface area contributed by atoms with E-state index in [0.29, 0.717) is 5.69 Å². The Kier molecular flexibility index (Phi) is 6.52. The fraction of sp³-hybridized carbons (Fsp3) is 0.467. The SMILES string of the molecule is CCCCCC(C)NC(=O)Nc1ccc(O)c(C(=O)O)c1. The maximum absolute atomic E-state index is 11.8. The second-order valence-electron chi connectivity index (χ2n) is 5.03. The Bertz CT molecular complexity index is 502. The van der Waals surface area contributed by atoms with Crippen molar-refractivity contribution in [3.8, 4) is 5.75 Å². The lowest BCUT2D eigenvalue weighted by Crippen LogP contribution is -2.36. The number of phenols is 1. The maximum atomic E-state index is 11.8. The minimum absolute atomic E-state index is 0.0487. The molecule has 6 nitrogen and oxygen atoms in total. The number of carboxylic acid groups (broad SMARTS) is 1. The zero-order valence-electron chi connectivity index (χ0n) is 12.3. The molecule has 2 amide bonds. The molecule has 0 heterocycles. The van der Waals surface area contributed by atoms with Crippen LogP contribution in [0.15, 0.2) is 18.2 Å². The first-order valence-corrected chi connectivity index (χ1v) is 7.07. The van der Waals surface area contributed by atoms with E-state index in [-0.39, 0.29) is 23.4 Å². The molecule has 116 valence electrons. The summed E-state index contributed by atoms with van der Waals surface area (Å²) in [4.78, 5) is 22.7. The third kappa shape index (κ3) is 5.72. The van der Waals surface area contributed by atoms with Crippen molar-refractivity contribution >= 4 is 17.7 Å². The van der Waals surface area contributed by atoms with Gasteiger partial charge in [0, 0.05) is 11.7 Å². The first-order valence-electron chi connectivity index (χ1n) is 7.07. The molecule has 21 heavy (non-hydrogen) atoms. The van der Waals surface area contributed by atoms with Crippen molar-refractivity contribution in [1.29, 1.82) is 0 Å². The zero-order valence-corrected chi connectivity index (χ0v) is 12.3. The van der Waals surface area contributed by atoms with E-state index in [1.165, 1.54) is 18.2 Å². The Morgan fingerprint density at radius 1 is 1.29 bits per heavy atom. The van der Waals surface area contributed by atoms with E-state index in [1.54, 1.807) is 0 Å². The number of aromatic carboxylic acids is 1. The van der Waals surface area contributed by atoms with Crippen molar-refractivity contribution in [3.05, 3.63) is 23.8 Å². The Labute approximate surface area is 124 Å².